The molecule has 1 nitrogen and oxygen atoms in total. The summed E-state index contributed by atoms with van der Waals surface area (Å²) in [6.45, 7) is 8.56. The van der Waals surface area contributed by atoms with Crippen LogP contribution in [0.2, 0.25) is 0 Å². The van der Waals surface area contributed by atoms with Crippen molar-refractivity contribution >= 4 is 5.78 Å². The van der Waals surface area contributed by atoms with Gasteiger partial charge in [0.1, 0.15) is 0 Å². The summed E-state index contributed by atoms with van der Waals surface area (Å²) in [5, 5.41) is 0. The van der Waals surface area contributed by atoms with Crippen molar-refractivity contribution in [1.29, 1.82) is 0 Å². The lowest BCUT2D eigenvalue weighted by Crippen LogP contribution is -2.15. The van der Waals surface area contributed by atoms with Crippen molar-refractivity contribution in [2.75, 3.05) is 0 Å². The maximum atomic E-state index is 12.3. The zero-order valence-electron chi connectivity index (χ0n) is 10.7. The standard InChI is InChI=1S/C15H20O/c1-10-5-6-11(2)14-12(10)7-8-15(3,4)9-13(14)16/h5-6H,7-9H2,1-4H3. The molecular weight excluding hydrogens is 196 g/mol. The number of hydrogen-bond donors (Lipinski definition) is 0. The molecule has 1 aliphatic rings. The molecule has 0 spiro atoms. The van der Waals surface area contributed by atoms with E-state index in [0.717, 1.165) is 24.0 Å². The number of Topliss-reactive ketones (excluding diaryl/α,β-unsaturated/α-hetero) is 1. The molecule has 0 radical (unpaired) electrons. The number of aryl methyl sites for hydroxylation is 2. The van der Waals surface area contributed by atoms with Gasteiger partial charge in [0.15, 0.2) is 5.78 Å². The van der Waals surface area contributed by atoms with E-state index >= 15 is 0 Å². The van der Waals surface area contributed by atoms with E-state index in [2.05, 4.69) is 39.8 Å². The van der Waals surface area contributed by atoms with E-state index in [1.807, 2.05) is 0 Å². The van der Waals surface area contributed by atoms with Crippen molar-refractivity contribution < 1.29 is 4.79 Å². The first-order chi connectivity index (χ1) is 7.41. The van der Waals surface area contributed by atoms with Crippen molar-refractivity contribution in [3.05, 3.63) is 34.4 Å². The van der Waals surface area contributed by atoms with Gasteiger partial charge in [-0.05, 0) is 48.8 Å². The van der Waals surface area contributed by atoms with Gasteiger partial charge in [-0.15, -0.1) is 0 Å². The van der Waals surface area contributed by atoms with Crippen LogP contribution in [0.1, 0.15) is 53.7 Å². The highest BCUT2D eigenvalue weighted by Gasteiger charge is 2.29. The lowest BCUT2D eigenvalue weighted by molar-refractivity contribution is 0.0933. The van der Waals surface area contributed by atoms with Crippen LogP contribution in [0.5, 0.6) is 0 Å². The highest BCUT2D eigenvalue weighted by Crippen LogP contribution is 2.35. The SMILES string of the molecule is Cc1ccc(C)c2c1CCC(C)(C)CC2=O. The van der Waals surface area contributed by atoms with Crippen LogP contribution in [0.4, 0.5) is 0 Å². The van der Waals surface area contributed by atoms with Crippen molar-refractivity contribution in [1.82, 2.24) is 0 Å². The first kappa shape index (κ1) is 11.4. The van der Waals surface area contributed by atoms with E-state index in [4.69, 9.17) is 0 Å². The van der Waals surface area contributed by atoms with Gasteiger partial charge in [-0.1, -0.05) is 26.0 Å². The number of fused-ring (bicyclic) bond motifs is 1. The van der Waals surface area contributed by atoms with Gasteiger partial charge in [0.05, 0.1) is 0 Å². The summed E-state index contributed by atoms with van der Waals surface area (Å²) in [7, 11) is 0. The summed E-state index contributed by atoms with van der Waals surface area (Å²) in [6, 6.07) is 4.21. The minimum atomic E-state index is 0.148. The Morgan fingerprint density at radius 1 is 1.12 bits per heavy atom. The molecule has 0 unspecified atom stereocenters. The summed E-state index contributed by atoms with van der Waals surface area (Å²) in [5.41, 5.74) is 4.85. The van der Waals surface area contributed by atoms with Crippen molar-refractivity contribution in [3.8, 4) is 0 Å². The van der Waals surface area contributed by atoms with Gasteiger partial charge >= 0.3 is 0 Å². The second kappa shape index (κ2) is 3.73. The molecule has 86 valence electrons. The van der Waals surface area contributed by atoms with Crippen LogP contribution in [0.3, 0.4) is 0 Å². The highest BCUT2D eigenvalue weighted by molar-refractivity contribution is 5.99. The fourth-order valence-corrected chi connectivity index (χ4v) is 2.65. The number of carbonyl (C=O) groups excluding carboxylic acids is 1. The lowest BCUT2D eigenvalue weighted by Gasteiger charge is -2.20. The fourth-order valence-electron chi connectivity index (χ4n) is 2.65. The minimum absolute atomic E-state index is 0.148. The summed E-state index contributed by atoms with van der Waals surface area (Å²) >= 11 is 0. The smallest absolute Gasteiger partial charge is 0.163 e. The molecule has 1 aromatic rings. The Morgan fingerprint density at radius 3 is 2.44 bits per heavy atom. The molecule has 1 aliphatic carbocycles. The quantitative estimate of drug-likeness (QED) is 0.602. The third kappa shape index (κ3) is 1.91. The number of carbonyl (C=O) groups is 1. The molecular formula is C15H20O. The average molecular weight is 216 g/mol. The second-order valence-corrected chi connectivity index (χ2v) is 5.82. The van der Waals surface area contributed by atoms with E-state index in [-0.39, 0.29) is 5.41 Å². The molecule has 16 heavy (non-hydrogen) atoms. The molecule has 1 heteroatoms. The molecule has 0 bridgehead atoms. The topological polar surface area (TPSA) is 17.1 Å². The van der Waals surface area contributed by atoms with Crippen molar-refractivity contribution in [2.45, 2.75) is 47.0 Å². The molecule has 0 saturated carbocycles. The first-order valence-corrected chi connectivity index (χ1v) is 6.03. The molecule has 0 aliphatic heterocycles. The Kier molecular flexibility index (Phi) is 2.65. The van der Waals surface area contributed by atoms with Crippen LogP contribution in [0, 0.1) is 19.3 Å². The second-order valence-electron chi connectivity index (χ2n) is 5.82. The van der Waals surface area contributed by atoms with Gasteiger partial charge in [0.2, 0.25) is 0 Å². The molecule has 0 heterocycles. The van der Waals surface area contributed by atoms with E-state index in [1.165, 1.54) is 11.1 Å². The fraction of sp³-hybridized carbons (Fsp3) is 0.533. The van der Waals surface area contributed by atoms with Gasteiger partial charge in [-0.3, -0.25) is 4.79 Å². The number of ketones is 1. The normalized spacial score (nSPS) is 19.1. The summed E-state index contributed by atoms with van der Waals surface area (Å²) in [4.78, 5) is 12.3. The van der Waals surface area contributed by atoms with E-state index in [1.54, 1.807) is 0 Å². The maximum absolute atomic E-state index is 12.3. The Labute approximate surface area is 97.9 Å². The number of rotatable bonds is 0. The van der Waals surface area contributed by atoms with Crippen LogP contribution >= 0.6 is 0 Å². The van der Waals surface area contributed by atoms with Gasteiger partial charge in [-0.2, -0.15) is 0 Å². The number of benzene rings is 1. The Morgan fingerprint density at radius 2 is 1.75 bits per heavy atom. The molecule has 2 rings (SSSR count). The van der Waals surface area contributed by atoms with Crippen LogP contribution in [-0.4, -0.2) is 5.78 Å². The summed E-state index contributed by atoms with van der Waals surface area (Å²) < 4.78 is 0. The van der Waals surface area contributed by atoms with Crippen LogP contribution in [-0.2, 0) is 6.42 Å². The molecule has 0 amide bonds. The predicted molar refractivity (Wildman–Crippen MR) is 67.0 cm³/mol. The Balaban J connectivity index is 2.57. The molecule has 0 fully saturated rings. The zero-order valence-corrected chi connectivity index (χ0v) is 10.7. The molecule has 1 aromatic carbocycles. The molecule has 0 aromatic heterocycles. The first-order valence-electron chi connectivity index (χ1n) is 6.03. The van der Waals surface area contributed by atoms with Crippen molar-refractivity contribution in [2.24, 2.45) is 5.41 Å². The molecule has 0 atom stereocenters. The largest absolute Gasteiger partial charge is 0.294 e. The minimum Gasteiger partial charge on any atom is -0.294 e. The maximum Gasteiger partial charge on any atom is 0.163 e. The van der Waals surface area contributed by atoms with Crippen LogP contribution in [0.15, 0.2) is 12.1 Å². The van der Waals surface area contributed by atoms with E-state index < -0.39 is 0 Å². The Bertz CT molecular complexity index is 441. The lowest BCUT2D eigenvalue weighted by atomic mass is 9.84. The zero-order chi connectivity index (χ0) is 11.9. The van der Waals surface area contributed by atoms with Crippen LogP contribution in [0.25, 0.3) is 0 Å². The Hall–Kier alpha value is -1.11. The van der Waals surface area contributed by atoms with Gasteiger partial charge < -0.3 is 0 Å². The molecule has 0 N–H and O–H groups in total. The third-order valence-electron chi connectivity index (χ3n) is 3.73. The summed E-state index contributed by atoms with van der Waals surface area (Å²) in [5.74, 6) is 0.332. The predicted octanol–water partition coefficient (Wildman–Crippen LogP) is 3.85. The van der Waals surface area contributed by atoms with Crippen LogP contribution < -0.4 is 0 Å². The third-order valence-corrected chi connectivity index (χ3v) is 3.73. The van der Waals surface area contributed by atoms with Crippen molar-refractivity contribution in [3.63, 3.8) is 0 Å². The average Bonchev–Trinajstić information content (AvgIpc) is 2.29. The van der Waals surface area contributed by atoms with Gasteiger partial charge in [-0.25, -0.2) is 0 Å². The van der Waals surface area contributed by atoms with Gasteiger partial charge in [0, 0.05) is 12.0 Å². The summed E-state index contributed by atoms with van der Waals surface area (Å²) in [6.07, 6.45) is 2.84. The van der Waals surface area contributed by atoms with Gasteiger partial charge in [0.25, 0.3) is 0 Å². The number of hydrogen-bond acceptors (Lipinski definition) is 1. The highest BCUT2D eigenvalue weighted by atomic mass is 16.1. The van der Waals surface area contributed by atoms with E-state index in [0.29, 0.717) is 12.2 Å². The van der Waals surface area contributed by atoms with E-state index in [9.17, 15) is 4.79 Å². The monoisotopic (exact) mass is 216 g/mol. The molecule has 0 saturated heterocycles.